The highest BCUT2D eigenvalue weighted by molar-refractivity contribution is 7.98. The van der Waals surface area contributed by atoms with Crippen molar-refractivity contribution in [1.29, 1.82) is 0 Å². The standard InChI is InChI=1S/C21H26N4O3S2/c26-21(22-8-3-12-29-15-17-4-1-11-27-17)16-6-9-25(10-7-16)14-19-23-20(24-28-19)18-5-2-13-30-18/h1-2,4-5,11,13,16H,3,6-10,12,14-15H2,(H,22,26). The zero-order chi connectivity index (χ0) is 20.6. The van der Waals surface area contributed by atoms with E-state index in [0.29, 0.717) is 18.3 Å². The largest absolute Gasteiger partial charge is 0.468 e. The van der Waals surface area contributed by atoms with Gasteiger partial charge in [-0.2, -0.15) is 16.7 Å². The van der Waals surface area contributed by atoms with E-state index in [1.54, 1.807) is 17.6 Å². The van der Waals surface area contributed by atoms with Crippen molar-refractivity contribution in [1.82, 2.24) is 20.4 Å². The Morgan fingerprint density at radius 3 is 2.97 bits per heavy atom. The fourth-order valence-electron chi connectivity index (χ4n) is 3.47. The van der Waals surface area contributed by atoms with Gasteiger partial charge >= 0.3 is 0 Å². The van der Waals surface area contributed by atoms with E-state index in [-0.39, 0.29) is 11.8 Å². The van der Waals surface area contributed by atoms with Gasteiger partial charge in [0, 0.05) is 12.5 Å². The molecule has 1 aliphatic heterocycles. The molecular formula is C21H26N4O3S2. The van der Waals surface area contributed by atoms with Crippen molar-refractivity contribution < 1.29 is 13.7 Å². The first-order valence-electron chi connectivity index (χ1n) is 10.2. The van der Waals surface area contributed by atoms with Gasteiger partial charge in [0.05, 0.1) is 23.4 Å². The van der Waals surface area contributed by atoms with Crippen LogP contribution in [0.5, 0.6) is 0 Å². The van der Waals surface area contributed by atoms with Gasteiger partial charge in [-0.1, -0.05) is 11.2 Å². The van der Waals surface area contributed by atoms with Crippen molar-refractivity contribution in [3.8, 4) is 10.7 Å². The Hall–Kier alpha value is -2.10. The molecule has 1 fully saturated rings. The normalized spacial score (nSPS) is 15.5. The molecule has 9 heteroatoms. The number of amides is 1. The average molecular weight is 447 g/mol. The Bertz CT molecular complexity index is 887. The number of likely N-dealkylation sites (tertiary alicyclic amines) is 1. The van der Waals surface area contributed by atoms with Crippen molar-refractivity contribution in [3.63, 3.8) is 0 Å². The van der Waals surface area contributed by atoms with Crippen LogP contribution < -0.4 is 5.32 Å². The molecule has 0 atom stereocenters. The summed E-state index contributed by atoms with van der Waals surface area (Å²) in [6.45, 7) is 3.11. The summed E-state index contributed by atoms with van der Waals surface area (Å²) in [6, 6.07) is 7.86. The summed E-state index contributed by atoms with van der Waals surface area (Å²) >= 11 is 3.43. The molecule has 3 aromatic heterocycles. The smallest absolute Gasteiger partial charge is 0.241 e. The second-order valence-corrected chi connectivity index (χ2v) is 9.37. The molecule has 0 saturated carbocycles. The molecular weight excluding hydrogens is 420 g/mol. The van der Waals surface area contributed by atoms with Gasteiger partial charge in [0.2, 0.25) is 17.6 Å². The lowest BCUT2D eigenvalue weighted by atomic mass is 9.96. The Labute approximate surface area is 184 Å². The Morgan fingerprint density at radius 1 is 1.30 bits per heavy atom. The maximum Gasteiger partial charge on any atom is 0.241 e. The molecule has 0 bridgehead atoms. The first-order valence-corrected chi connectivity index (χ1v) is 12.3. The summed E-state index contributed by atoms with van der Waals surface area (Å²) < 4.78 is 10.7. The second-order valence-electron chi connectivity index (χ2n) is 7.32. The first-order chi connectivity index (χ1) is 14.8. The number of thioether (sulfide) groups is 1. The third-order valence-corrected chi connectivity index (χ3v) is 7.05. The summed E-state index contributed by atoms with van der Waals surface area (Å²) in [4.78, 5) is 20.2. The molecule has 1 amide bonds. The van der Waals surface area contributed by atoms with Gasteiger partial charge in [-0.15, -0.1) is 11.3 Å². The quantitative estimate of drug-likeness (QED) is 0.471. The van der Waals surface area contributed by atoms with E-state index in [1.165, 1.54) is 0 Å². The molecule has 4 rings (SSSR count). The number of piperidine rings is 1. The van der Waals surface area contributed by atoms with Crippen molar-refractivity contribution in [2.75, 3.05) is 25.4 Å². The molecule has 3 aromatic rings. The fraction of sp³-hybridized carbons (Fsp3) is 0.476. The molecule has 1 aliphatic rings. The lowest BCUT2D eigenvalue weighted by Crippen LogP contribution is -2.40. The number of carbonyl (C=O) groups excluding carboxylic acids is 1. The fourth-order valence-corrected chi connectivity index (χ4v) is 4.97. The summed E-state index contributed by atoms with van der Waals surface area (Å²) in [5.74, 6) is 4.46. The number of nitrogens with one attached hydrogen (secondary N) is 1. The average Bonchev–Trinajstić information content (AvgIpc) is 3.53. The van der Waals surface area contributed by atoms with Gasteiger partial charge < -0.3 is 14.3 Å². The maximum absolute atomic E-state index is 12.4. The van der Waals surface area contributed by atoms with E-state index in [0.717, 1.165) is 61.0 Å². The van der Waals surface area contributed by atoms with E-state index in [4.69, 9.17) is 8.94 Å². The van der Waals surface area contributed by atoms with Crippen LogP contribution in [-0.2, 0) is 17.1 Å². The Balaban J connectivity index is 1.10. The molecule has 30 heavy (non-hydrogen) atoms. The SMILES string of the molecule is O=C(NCCCSCc1ccco1)C1CCN(Cc2nc(-c3cccs3)no2)CC1. The van der Waals surface area contributed by atoms with Crippen LogP contribution in [-0.4, -0.2) is 46.3 Å². The van der Waals surface area contributed by atoms with Crippen LogP contribution >= 0.6 is 23.1 Å². The third kappa shape index (κ3) is 5.96. The highest BCUT2D eigenvalue weighted by Crippen LogP contribution is 2.23. The van der Waals surface area contributed by atoms with Crippen LogP contribution in [0.1, 0.15) is 30.9 Å². The van der Waals surface area contributed by atoms with E-state index < -0.39 is 0 Å². The highest BCUT2D eigenvalue weighted by atomic mass is 32.2. The van der Waals surface area contributed by atoms with Crippen LogP contribution in [0.15, 0.2) is 44.8 Å². The van der Waals surface area contributed by atoms with Crippen molar-refractivity contribution in [2.45, 2.75) is 31.6 Å². The lowest BCUT2D eigenvalue weighted by molar-refractivity contribution is -0.126. The Kier molecular flexibility index (Phi) is 7.60. The molecule has 0 unspecified atom stereocenters. The number of rotatable bonds is 10. The Morgan fingerprint density at radius 2 is 2.20 bits per heavy atom. The topological polar surface area (TPSA) is 84.4 Å². The van der Waals surface area contributed by atoms with Crippen LogP contribution in [0.25, 0.3) is 10.7 Å². The summed E-state index contributed by atoms with van der Waals surface area (Å²) in [5.41, 5.74) is 0. The van der Waals surface area contributed by atoms with Gasteiger partial charge in [-0.25, -0.2) is 0 Å². The zero-order valence-electron chi connectivity index (χ0n) is 16.8. The summed E-state index contributed by atoms with van der Waals surface area (Å²) in [7, 11) is 0. The number of hydrogen-bond acceptors (Lipinski definition) is 8. The molecule has 0 spiro atoms. The van der Waals surface area contributed by atoms with Gasteiger partial charge in [-0.05, 0) is 61.7 Å². The monoisotopic (exact) mass is 446 g/mol. The van der Waals surface area contributed by atoms with Gasteiger partial charge in [0.15, 0.2) is 0 Å². The molecule has 7 nitrogen and oxygen atoms in total. The van der Waals surface area contributed by atoms with Crippen LogP contribution in [0.4, 0.5) is 0 Å². The zero-order valence-corrected chi connectivity index (χ0v) is 18.4. The van der Waals surface area contributed by atoms with Crippen LogP contribution in [0.3, 0.4) is 0 Å². The van der Waals surface area contributed by atoms with Crippen molar-refractivity contribution >= 4 is 29.0 Å². The minimum absolute atomic E-state index is 0.0985. The summed E-state index contributed by atoms with van der Waals surface area (Å²) in [5, 5.41) is 9.16. The molecule has 4 heterocycles. The number of hydrogen-bond donors (Lipinski definition) is 1. The van der Waals surface area contributed by atoms with Crippen molar-refractivity contribution in [3.05, 3.63) is 47.6 Å². The predicted octanol–water partition coefficient (Wildman–Crippen LogP) is 4.04. The number of furan rings is 1. The van der Waals surface area contributed by atoms with Gasteiger partial charge in [0.1, 0.15) is 5.76 Å². The van der Waals surface area contributed by atoms with Gasteiger partial charge in [-0.3, -0.25) is 9.69 Å². The van der Waals surface area contributed by atoms with E-state index in [1.807, 2.05) is 41.4 Å². The molecule has 160 valence electrons. The van der Waals surface area contributed by atoms with E-state index in [9.17, 15) is 4.79 Å². The summed E-state index contributed by atoms with van der Waals surface area (Å²) in [6.07, 6.45) is 4.40. The minimum Gasteiger partial charge on any atom is -0.468 e. The minimum atomic E-state index is 0.0985. The molecule has 1 saturated heterocycles. The maximum atomic E-state index is 12.4. The molecule has 0 aliphatic carbocycles. The highest BCUT2D eigenvalue weighted by Gasteiger charge is 2.25. The molecule has 1 N–H and O–H groups in total. The first kappa shape index (κ1) is 21.1. The second kappa shape index (κ2) is 10.8. The molecule has 0 aromatic carbocycles. The van der Waals surface area contributed by atoms with Crippen molar-refractivity contribution in [2.24, 2.45) is 5.92 Å². The number of thiophene rings is 1. The van der Waals surface area contributed by atoms with E-state index >= 15 is 0 Å². The number of aromatic nitrogens is 2. The van der Waals surface area contributed by atoms with Crippen LogP contribution in [0, 0.1) is 5.92 Å². The lowest BCUT2D eigenvalue weighted by Gasteiger charge is -2.30. The third-order valence-electron chi connectivity index (χ3n) is 5.12. The molecule has 0 radical (unpaired) electrons. The van der Waals surface area contributed by atoms with E-state index in [2.05, 4.69) is 20.4 Å². The number of nitrogens with zero attached hydrogens (tertiary/aromatic N) is 3. The number of carbonyl (C=O) groups is 1. The van der Waals surface area contributed by atoms with Crippen LogP contribution in [0.2, 0.25) is 0 Å². The predicted molar refractivity (Wildman–Crippen MR) is 118 cm³/mol. The van der Waals surface area contributed by atoms with Gasteiger partial charge in [0.25, 0.3) is 0 Å².